The number of amides is 2. The van der Waals surface area contributed by atoms with Gasteiger partial charge in [-0.1, -0.05) is 0 Å². The van der Waals surface area contributed by atoms with Gasteiger partial charge in [-0.3, -0.25) is 9.59 Å². The second kappa shape index (κ2) is 6.37. The Morgan fingerprint density at radius 1 is 1.50 bits per heavy atom. The largest absolute Gasteiger partial charge is 0.480 e. The predicted octanol–water partition coefficient (Wildman–Crippen LogP) is -0.849. The van der Waals surface area contributed by atoms with Gasteiger partial charge in [0.2, 0.25) is 12.3 Å². The Kier molecular flexibility index (Phi) is 5.10. The highest BCUT2D eigenvalue weighted by atomic mass is 32.2. The van der Waals surface area contributed by atoms with Gasteiger partial charge in [0.1, 0.15) is 6.04 Å². The summed E-state index contributed by atoms with van der Waals surface area (Å²) in [6.07, 6.45) is 1.40. The van der Waals surface area contributed by atoms with Crippen LogP contribution in [0, 0.1) is 0 Å². The molecule has 2 N–H and O–H groups in total. The van der Waals surface area contributed by atoms with E-state index < -0.39 is 12.0 Å². The number of carbonyl (C=O) groups excluding carboxylic acids is 2. The molecule has 1 heterocycles. The molecule has 0 radical (unpaired) electrons. The third kappa shape index (κ3) is 3.73. The maximum atomic E-state index is 11.4. The number of nitrogens with zero attached hydrogens (tertiary/aromatic N) is 1. The van der Waals surface area contributed by atoms with E-state index in [9.17, 15) is 14.4 Å². The molecular weight excluding hydrogens is 232 g/mol. The Bertz CT molecular complexity index is 281. The molecule has 0 aromatic heterocycles. The van der Waals surface area contributed by atoms with Crippen LogP contribution in [0.3, 0.4) is 0 Å². The lowest BCUT2D eigenvalue weighted by Crippen LogP contribution is -2.43. The molecule has 16 heavy (non-hydrogen) atoms. The summed E-state index contributed by atoms with van der Waals surface area (Å²) < 4.78 is 0. The molecule has 7 heteroatoms. The van der Waals surface area contributed by atoms with Gasteiger partial charge < -0.3 is 15.3 Å². The van der Waals surface area contributed by atoms with Crippen LogP contribution in [0.4, 0.5) is 0 Å². The molecule has 0 bridgehead atoms. The number of hydrogen-bond donors (Lipinski definition) is 2. The van der Waals surface area contributed by atoms with Crippen molar-refractivity contribution >= 4 is 30.0 Å². The fourth-order valence-electron chi connectivity index (χ4n) is 1.19. The van der Waals surface area contributed by atoms with Gasteiger partial charge in [0, 0.05) is 18.8 Å². The summed E-state index contributed by atoms with van der Waals surface area (Å²) in [6, 6.07) is -0.924. The van der Waals surface area contributed by atoms with Gasteiger partial charge in [0.25, 0.3) is 0 Å². The SMILES string of the molecule is O=CNC(CSCC(=O)N1CCC1)C(=O)O. The fraction of sp³-hybridized carbons (Fsp3) is 0.667. The zero-order valence-electron chi connectivity index (χ0n) is 8.72. The second-order valence-corrected chi connectivity index (χ2v) is 4.46. The first-order valence-electron chi connectivity index (χ1n) is 4.93. The van der Waals surface area contributed by atoms with Crippen LogP contribution in [0.1, 0.15) is 6.42 Å². The molecule has 1 rings (SSSR count). The summed E-state index contributed by atoms with van der Waals surface area (Å²) >= 11 is 1.22. The number of carboxylic acid groups (broad SMARTS) is 1. The molecular formula is C9H14N2O4S. The lowest BCUT2D eigenvalue weighted by atomic mass is 10.2. The zero-order chi connectivity index (χ0) is 12.0. The first-order valence-corrected chi connectivity index (χ1v) is 6.08. The number of carbonyl (C=O) groups is 3. The lowest BCUT2D eigenvalue weighted by molar-refractivity contribution is -0.139. The molecule has 1 unspecified atom stereocenters. The Morgan fingerprint density at radius 2 is 2.19 bits per heavy atom. The third-order valence-corrected chi connectivity index (χ3v) is 3.31. The van der Waals surface area contributed by atoms with E-state index in [1.807, 2.05) is 0 Å². The minimum absolute atomic E-state index is 0.0338. The number of hydrogen-bond acceptors (Lipinski definition) is 4. The van der Waals surface area contributed by atoms with Crippen molar-refractivity contribution in [2.24, 2.45) is 0 Å². The van der Waals surface area contributed by atoms with Crippen molar-refractivity contribution < 1.29 is 19.5 Å². The van der Waals surface area contributed by atoms with E-state index in [1.54, 1.807) is 4.90 Å². The van der Waals surface area contributed by atoms with E-state index in [0.717, 1.165) is 19.5 Å². The maximum Gasteiger partial charge on any atom is 0.327 e. The summed E-state index contributed by atoms with van der Waals surface area (Å²) in [5.74, 6) is -0.583. The highest BCUT2D eigenvalue weighted by Gasteiger charge is 2.21. The molecule has 90 valence electrons. The van der Waals surface area contributed by atoms with Gasteiger partial charge in [-0.2, -0.15) is 0 Å². The van der Waals surface area contributed by atoms with E-state index in [-0.39, 0.29) is 17.4 Å². The maximum absolute atomic E-state index is 11.4. The lowest BCUT2D eigenvalue weighted by Gasteiger charge is -2.30. The van der Waals surface area contributed by atoms with E-state index >= 15 is 0 Å². The molecule has 0 aliphatic carbocycles. The van der Waals surface area contributed by atoms with Crippen LogP contribution in [0.5, 0.6) is 0 Å². The number of aliphatic carboxylic acids is 1. The third-order valence-electron chi connectivity index (χ3n) is 2.29. The van der Waals surface area contributed by atoms with Crippen LogP contribution in [0.25, 0.3) is 0 Å². The van der Waals surface area contributed by atoms with E-state index in [0.29, 0.717) is 6.41 Å². The molecule has 0 aromatic carbocycles. The quantitative estimate of drug-likeness (QED) is 0.571. The first-order chi connectivity index (χ1) is 7.65. The molecule has 1 aliphatic rings. The number of carboxylic acids is 1. The van der Waals surface area contributed by atoms with Gasteiger partial charge in [-0.05, 0) is 6.42 Å². The van der Waals surface area contributed by atoms with Crippen LogP contribution in [-0.2, 0) is 14.4 Å². The van der Waals surface area contributed by atoms with Gasteiger partial charge in [0.15, 0.2) is 0 Å². The van der Waals surface area contributed by atoms with Gasteiger partial charge in [0.05, 0.1) is 5.75 Å². The average Bonchev–Trinajstić information content (AvgIpc) is 2.13. The van der Waals surface area contributed by atoms with Crippen LogP contribution in [0.15, 0.2) is 0 Å². The number of thioether (sulfide) groups is 1. The van der Waals surface area contributed by atoms with Crippen molar-refractivity contribution in [3.8, 4) is 0 Å². The van der Waals surface area contributed by atoms with Crippen molar-refractivity contribution in [1.82, 2.24) is 10.2 Å². The van der Waals surface area contributed by atoms with E-state index in [2.05, 4.69) is 5.32 Å². The Labute approximate surface area is 97.4 Å². The van der Waals surface area contributed by atoms with Crippen molar-refractivity contribution in [3.05, 3.63) is 0 Å². The Balaban J connectivity index is 2.18. The minimum atomic E-state index is -1.09. The predicted molar refractivity (Wildman–Crippen MR) is 59.1 cm³/mol. The van der Waals surface area contributed by atoms with Crippen molar-refractivity contribution in [3.63, 3.8) is 0 Å². The molecule has 1 saturated heterocycles. The minimum Gasteiger partial charge on any atom is -0.480 e. The average molecular weight is 246 g/mol. The standard InChI is InChI=1S/C9H14N2O4S/c12-6-10-7(9(14)15)4-16-5-8(13)11-2-1-3-11/h6-7H,1-5H2,(H,10,12)(H,14,15). The molecule has 1 fully saturated rings. The zero-order valence-corrected chi connectivity index (χ0v) is 9.53. The van der Waals surface area contributed by atoms with Crippen LogP contribution < -0.4 is 5.32 Å². The second-order valence-electron chi connectivity index (χ2n) is 3.42. The summed E-state index contributed by atoms with van der Waals surface area (Å²) in [6.45, 7) is 1.60. The summed E-state index contributed by atoms with van der Waals surface area (Å²) in [5.41, 5.74) is 0. The summed E-state index contributed by atoms with van der Waals surface area (Å²) in [7, 11) is 0. The van der Waals surface area contributed by atoms with Gasteiger partial charge >= 0.3 is 5.97 Å². The summed E-state index contributed by atoms with van der Waals surface area (Å²) in [4.78, 5) is 33.9. The molecule has 0 spiro atoms. The first kappa shape index (κ1) is 12.8. The van der Waals surface area contributed by atoms with Crippen LogP contribution in [0.2, 0.25) is 0 Å². The van der Waals surface area contributed by atoms with E-state index in [1.165, 1.54) is 11.8 Å². The molecule has 2 amide bonds. The van der Waals surface area contributed by atoms with E-state index in [4.69, 9.17) is 5.11 Å². The van der Waals surface area contributed by atoms with Crippen LogP contribution in [-0.4, -0.2) is 58.9 Å². The molecule has 1 atom stereocenters. The fourth-order valence-corrected chi connectivity index (χ4v) is 2.14. The number of nitrogens with one attached hydrogen (secondary N) is 1. The van der Waals surface area contributed by atoms with Crippen molar-refractivity contribution in [1.29, 1.82) is 0 Å². The Morgan fingerprint density at radius 3 is 2.62 bits per heavy atom. The topological polar surface area (TPSA) is 86.7 Å². The highest BCUT2D eigenvalue weighted by Crippen LogP contribution is 2.10. The summed E-state index contributed by atoms with van der Waals surface area (Å²) in [5, 5.41) is 10.9. The van der Waals surface area contributed by atoms with Crippen molar-refractivity contribution in [2.75, 3.05) is 24.6 Å². The molecule has 1 aliphatic heterocycles. The monoisotopic (exact) mass is 246 g/mol. The smallest absolute Gasteiger partial charge is 0.327 e. The highest BCUT2D eigenvalue weighted by molar-refractivity contribution is 8.00. The molecule has 0 aromatic rings. The number of rotatable bonds is 7. The Hall–Kier alpha value is -1.24. The van der Waals surface area contributed by atoms with Crippen LogP contribution >= 0.6 is 11.8 Å². The van der Waals surface area contributed by atoms with Crippen molar-refractivity contribution in [2.45, 2.75) is 12.5 Å². The number of likely N-dealkylation sites (tertiary alicyclic amines) is 1. The van der Waals surface area contributed by atoms with Gasteiger partial charge in [-0.25, -0.2) is 4.79 Å². The molecule has 0 saturated carbocycles. The molecule has 6 nitrogen and oxygen atoms in total. The van der Waals surface area contributed by atoms with Gasteiger partial charge in [-0.15, -0.1) is 11.8 Å². The normalized spacial score (nSPS) is 16.1.